The first-order valence-electron chi connectivity index (χ1n) is 25.6. The van der Waals surface area contributed by atoms with Crippen LogP contribution in [0.1, 0.15) is 90.2 Å². The van der Waals surface area contributed by atoms with Crippen LogP contribution in [0, 0.1) is 13.8 Å². The van der Waals surface area contributed by atoms with Crippen molar-refractivity contribution in [3.63, 3.8) is 0 Å². The predicted octanol–water partition coefficient (Wildman–Crippen LogP) is 13.6. The fraction of sp³-hybridized carbons (Fsp3) is 0.273. The van der Waals surface area contributed by atoms with Gasteiger partial charge in [-0.2, -0.15) is 24.3 Å². The number of rotatable bonds is 16. The van der Waals surface area contributed by atoms with Crippen molar-refractivity contribution in [1.82, 2.24) is 0 Å². The minimum atomic E-state index is 0. The van der Waals surface area contributed by atoms with Crippen molar-refractivity contribution >= 4 is 69.5 Å². The van der Waals surface area contributed by atoms with E-state index in [4.69, 9.17) is 0 Å². The third-order valence-corrected chi connectivity index (χ3v) is 18.4. The molecule has 0 bridgehead atoms. The van der Waals surface area contributed by atoms with Crippen molar-refractivity contribution < 1.29 is 77.2 Å². The minimum absolute atomic E-state index is 0. The van der Waals surface area contributed by atoms with E-state index in [0.717, 1.165) is 0 Å². The molecule has 0 fully saturated rings. The number of aryl methyl sites for hydroxylation is 2. The van der Waals surface area contributed by atoms with E-state index in [1.54, 1.807) is 10.6 Å². The maximum absolute atomic E-state index is 2.44. The number of unbranched alkanes of at least 4 members (excludes halogenated alkanes) is 4. The predicted molar refractivity (Wildman–Crippen MR) is 311 cm³/mol. The van der Waals surface area contributed by atoms with E-state index in [2.05, 4.69) is 236 Å². The Kier molecular flexibility index (Phi) is 29.7. The molecule has 0 saturated heterocycles. The molecule has 0 saturated carbocycles. The van der Waals surface area contributed by atoms with Gasteiger partial charge in [0.25, 0.3) is 0 Å². The Balaban J connectivity index is 0.000000249. The number of benzene rings is 6. The van der Waals surface area contributed by atoms with E-state index in [9.17, 15) is 0 Å². The quantitative estimate of drug-likeness (QED) is 0.0668. The van der Waals surface area contributed by atoms with Gasteiger partial charge in [0.1, 0.15) is 0 Å². The first-order chi connectivity index (χ1) is 33.4. The molecule has 0 aromatic heterocycles. The summed E-state index contributed by atoms with van der Waals surface area (Å²) < 4.78 is 0. The molecule has 0 heterocycles. The standard InChI is InChI=1S/2C17H24P.2C16H13.2ClH.2Zr/c2*1-3-5-11-18(12-6-4-2)17-13-15-9-7-8-10-16(15)14-17;2*1-12-10-14-8-5-9-15(16(14)11-12)13-6-3-2-4-7-13;;;;/h2*7-10,13-14H,3-6,11-12H2,1-2H3;2*2-11H,1H3;2*1H;;/q4*-1;;;2*+2/p-2. The Hall–Kier alpha value is -3.03. The molecule has 6 heteroatoms. The molecule has 0 spiro atoms. The van der Waals surface area contributed by atoms with Gasteiger partial charge >= 0.3 is 52.4 Å². The van der Waals surface area contributed by atoms with E-state index in [1.165, 1.54) is 152 Å². The third kappa shape index (κ3) is 18.1. The van der Waals surface area contributed by atoms with Crippen LogP contribution < -0.4 is 35.4 Å². The van der Waals surface area contributed by atoms with Crippen LogP contribution in [0.4, 0.5) is 0 Å². The normalized spacial score (nSPS) is 10.6. The van der Waals surface area contributed by atoms with E-state index in [1.807, 2.05) is 0 Å². The molecule has 372 valence electrons. The van der Waals surface area contributed by atoms with Crippen molar-refractivity contribution in [2.75, 3.05) is 24.6 Å². The number of fused-ring (bicyclic) bond motifs is 4. The second-order valence-corrected chi connectivity index (χ2v) is 23.5. The van der Waals surface area contributed by atoms with Crippen LogP contribution in [-0.4, -0.2) is 24.6 Å². The SMILES string of the molecule is CCCCP(CCCC)c1cc2ccccc2[cH-]1.CCCCP(CCCC)c1cc2ccccc2[cH-]1.Cc1cc2c(-c3ccccc3)cccc2[cH-]1.Cc1cc2c(-c3ccccc3)cccc2[cH-]1.[Cl-].[Cl-].[Zr+2].[Zr+2]. The Morgan fingerprint density at radius 3 is 1.00 bits per heavy atom. The number of hydrogen-bond acceptors (Lipinski definition) is 0. The smallest absolute Gasteiger partial charge is 1.00 e. The molecule has 10 aromatic rings. The van der Waals surface area contributed by atoms with Crippen molar-refractivity contribution in [3.05, 3.63) is 205 Å². The summed E-state index contributed by atoms with van der Waals surface area (Å²) >= 11 is 0. The van der Waals surface area contributed by atoms with E-state index >= 15 is 0 Å². The molecule has 72 heavy (non-hydrogen) atoms. The Morgan fingerprint density at radius 2 is 0.667 bits per heavy atom. The van der Waals surface area contributed by atoms with Gasteiger partial charge in [-0.3, -0.25) is 0 Å². The first-order valence-corrected chi connectivity index (χ1v) is 29.0. The van der Waals surface area contributed by atoms with E-state index in [-0.39, 0.29) is 93.1 Å². The zero-order valence-corrected chi connectivity index (χ0v) is 51.8. The van der Waals surface area contributed by atoms with E-state index < -0.39 is 0 Å². The molecule has 10 aromatic carbocycles. The molecule has 0 aliphatic carbocycles. The van der Waals surface area contributed by atoms with Crippen LogP contribution in [0.3, 0.4) is 0 Å². The van der Waals surface area contributed by atoms with Crippen LogP contribution in [0.5, 0.6) is 0 Å². The van der Waals surface area contributed by atoms with Crippen LogP contribution in [-0.2, 0) is 52.4 Å². The Morgan fingerprint density at radius 1 is 0.347 bits per heavy atom. The van der Waals surface area contributed by atoms with Crippen LogP contribution in [0.2, 0.25) is 0 Å². The fourth-order valence-corrected chi connectivity index (χ4v) is 14.8. The van der Waals surface area contributed by atoms with Crippen LogP contribution in [0.15, 0.2) is 194 Å². The summed E-state index contributed by atoms with van der Waals surface area (Å²) in [6.45, 7) is 13.5. The van der Waals surface area contributed by atoms with Gasteiger partial charge in [0.05, 0.1) is 0 Å². The van der Waals surface area contributed by atoms with Crippen molar-refractivity contribution in [2.45, 2.75) is 92.9 Å². The van der Waals surface area contributed by atoms with E-state index in [0.29, 0.717) is 0 Å². The van der Waals surface area contributed by atoms with Crippen molar-refractivity contribution in [3.8, 4) is 22.3 Å². The zero-order valence-electron chi connectivity index (χ0n) is 43.6. The summed E-state index contributed by atoms with van der Waals surface area (Å²) in [4.78, 5) is 0. The topological polar surface area (TPSA) is 0 Å². The molecular formula is C66H74Cl2P2Zr2-2. The average Bonchev–Trinajstić information content (AvgIpc) is 4.19. The summed E-state index contributed by atoms with van der Waals surface area (Å²) in [7, 11) is 0.171. The van der Waals surface area contributed by atoms with Gasteiger partial charge in [0.2, 0.25) is 0 Å². The molecule has 0 N–H and O–H groups in total. The van der Waals surface area contributed by atoms with Gasteiger partial charge < -0.3 is 24.8 Å². The van der Waals surface area contributed by atoms with Gasteiger partial charge in [-0.05, 0) is 61.5 Å². The molecule has 0 aliphatic rings. The number of hydrogen-bond donors (Lipinski definition) is 0. The second kappa shape index (κ2) is 33.8. The summed E-state index contributed by atoms with van der Waals surface area (Å²) in [5, 5.41) is 14.3. The second-order valence-electron chi connectivity index (χ2n) is 18.5. The molecule has 0 amide bonds. The number of halogens is 2. The summed E-state index contributed by atoms with van der Waals surface area (Å²) in [5.41, 5.74) is 7.89. The minimum Gasteiger partial charge on any atom is -1.00 e. The average molecular weight is 1180 g/mol. The maximum atomic E-state index is 2.44. The largest absolute Gasteiger partial charge is 2.00 e. The maximum Gasteiger partial charge on any atom is 2.00 e. The monoisotopic (exact) mass is 1180 g/mol. The molecule has 10 rings (SSSR count). The van der Waals surface area contributed by atoms with Crippen LogP contribution in [0.25, 0.3) is 65.3 Å². The first kappa shape index (κ1) is 63.3. The third-order valence-electron chi connectivity index (χ3n) is 13.0. The molecular weight excluding hydrogens is 1110 g/mol. The van der Waals surface area contributed by atoms with Gasteiger partial charge in [-0.1, -0.05) is 179 Å². The zero-order chi connectivity index (χ0) is 47.5. The van der Waals surface area contributed by atoms with Gasteiger partial charge in [-0.15, -0.1) is 150 Å². The molecule has 0 nitrogen and oxygen atoms in total. The molecule has 0 unspecified atom stereocenters. The van der Waals surface area contributed by atoms with Gasteiger partial charge in [-0.25, -0.2) is 0 Å². The Labute approximate surface area is 487 Å². The summed E-state index contributed by atoms with van der Waals surface area (Å²) in [6, 6.07) is 70.4. The fourth-order valence-electron chi connectivity index (χ4n) is 9.28. The molecule has 0 atom stereocenters. The van der Waals surface area contributed by atoms with Crippen molar-refractivity contribution in [2.24, 2.45) is 0 Å². The Bertz CT molecular complexity index is 2730. The van der Waals surface area contributed by atoms with Gasteiger partial charge in [0, 0.05) is 0 Å². The molecule has 0 radical (unpaired) electrons. The summed E-state index contributed by atoms with van der Waals surface area (Å²) in [6.07, 6.45) is 16.5. The molecule has 0 aliphatic heterocycles. The van der Waals surface area contributed by atoms with Gasteiger partial charge in [0.15, 0.2) is 0 Å². The van der Waals surface area contributed by atoms with Crippen LogP contribution >= 0.6 is 15.8 Å². The van der Waals surface area contributed by atoms with Crippen molar-refractivity contribution in [1.29, 1.82) is 0 Å². The summed E-state index contributed by atoms with van der Waals surface area (Å²) in [5.74, 6) is 0.